The summed E-state index contributed by atoms with van der Waals surface area (Å²) in [5.41, 5.74) is 7.70. The van der Waals surface area contributed by atoms with Crippen LogP contribution in [0.3, 0.4) is 0 Å². The van der Waals surface area contributed by atoms with Gasteiger partial charge in [-0.1, -0.05) is 0 Å². The zero-order valence-corrected chi connectivity index (χ0v) is 11.6. The third-order valence-corrected chi connectivity index (χ3v) is 3.55. The summed E-state index contributed by atoms with van der Waals surface area (Å²) in [6.07, 6.45) is 1.53. The minimum atomic E-state index is -0.261. The Kier molecular flexibility index (Phi) is 3.52. The first-order valence-corrected chi connectivity index (χ1v) is 6.13. The number of aryl methyl sites for hydroxylation is 1. The Hall–Kier alpha value is -1.62. The second-order valence-electron chi connectivity index (χ2n) is 3.97. The largest absolute Gasteiger partial charge is 0.438 e. The summed E-state index contributed by atoms with van der Waals surface area (Å²) in [5, 5.41) is 0. The van der Waals surface area contributed by atoms with E-state index in [2.05, 4.69) is 20.9 Å². The summed E-state index contributed by atoms with van der Waals surface area (Å²) < 4.78 is 19.4. The van der Waals surface area contributed by atoms with E-state index in [4.69, 9.17) is 10.5 Å². The summed E-state index contributed by atoms with van der Waals surface area (Å²) in [7, 11) is 0. The number of nitrogen functional groups attached to an aromatic ring is 1. The Morgan fingerprint density at radius 1 is 1.33 bits per heavy atom. The summed E-state index contributed by atoms with van der Waals surface area (Å²) >= 11 is 3.38. The fourth-order valence-corrected chi connectivity index (χ4v) is 1.84. The van der Waals surface area contributed by atoms with Crippen LogP contribution in [0.1, 0.15) is 11.1 Å². The number of ether oxygens (including phenoxy) is 1. The SMILES string of the molecule is Cc1cc(Oc2ncc(N)c(C)c2Br)ccc1F. The quantitative estimate of drug-likeness (QED) is 0.913. The van der Waals surface area contributed by atoms with Crippen molar-refractivity contribution in [3.63, 3.8) is 0 Å². The first kappa shape index (κ1) is 12.8. The number of halogens is 2. The third kappa shape index (κ3) is 2.46. The molecule has 1 aromatic carbocycles. The Bertz CT molecular complexity index is 602. The van der Waals surface area contributed by atoms with Crippen LogP contribution in [0.2, 0.25) is 0 Å². The van der Waals surface area contributed by atoms with Crippen LogP contribution in [0.25, 0.3) is 0 Å². The minimum absolute atomic E-state index is 0.261. The van der Waals surface area contributed by atoms with Crippen molar-refractivity contribution >= 4 is 21.6 Å². The van der Waals surface area contributed by atoms with Crippen molar-refractivity contribution in [1.29, 1.82) is 0 Å². The Labute approximate surface area is 113 Å². The molecule has 2 rings (SSSR count). The molecule has 3 nitrogen and oxygen atoms in total. The molecule has 0 unspecified atom stereocenters. The highest BCUT2D eigenvalue weighted by Gasteiger charge is 2.10. The van der Waals surface area contributed by atoms with Gasteiger partial charge in [0.15, 0.2) is 0 Å². The fraction of sp³-hybridized carbons (Fsp3) is 0.154. The predicted molar refractivity (Wildman–Crippen MR) is 72.3 cm³/mol. The monoisotopic (exact) mass is 310 g/mol. The Morgan fingerprint density at radius 3 is 2.72 bits per heavy atom. The zero-order valence-electron chi connectivity index (χ0n) is 10.00. The number of rotatable bonds is 2. The smallest absolute Gasteiger partial charge is 0.233 e. The van der Waals surface area contributed by atoms with Gasteiger partial charge in [-0.05, 0) is 59.1 Å². The maximum absolute atomic E-state index is 13.1. The predicted octanol–water partition coefficient (Wildman–Crippen LogP) is 3.97. The van der Waals surface area contributed by atoms with Crippen molar-refractivity contribution in [3.05, 3.63) is 45.8 Å². The summed E-state index contributed by atoms with van der Waals surface area (Å²) in [6.45, 7) is 3.54. The highest BCUT2D eigenvalue weighted by atomic mass is 79.9. The lowest BCUT2D eigenvalue weighted by Crippen LogP contribution is -1.96. The molecule has 0 amide bonds. The van der Waals surface area contributed by atoms with Gasteiger partial charge in [0.2, 0.25) is 5.88 Å². The van der Waals surface area contributed by atoms with Gasteiger partial charge < -0.3 is 10.5 Å². The van der Waals surface area contributed by atoms with Crippen LogP contribution in [0.15, 0.2) is 28.9 Å². The van der Waals surface area contributed by atoms with Crippen molar-refractivity contribution in [2.45, 2.75) is 13.8 Å². The van der Waals surface area contributed by atoms with Gasteiger partial charge in [-0.25, -0.2) is 9.37 Å². The first-order valence-electron chi connectivity index (χ1n) is 5.33. The molecule has 0 fully saturated rings. The second kappa shape index (κ2) is 4.94. The van der Waals surface area contributed by atoms with E-state index in [-0.39, 0.29) is 5.82 Å². The summed E-state index contributed by atoms with van der Waals surface area (Å²) in [4.78, 5) is 4.10. The van der Waals surface area contributed by atoms with Gasteiger partial charge in [0.1, 0.15) is 11.6 Å². The molecule has 5 heteroatoms. The molecule has 0 aliphatic carbocycles. The van der Waals surface area contributed by atoms with Gasteiger partial charge in [-0.2, -0.15) is 0 Å². The number of anilines is 1. The number of pyridine rings is 1. The van der Waals surface area contributed by atoms with Crippen LogP contribution in [-0.2, 0) is 0 Å². The van der Waals surface area contributed by atoms with E-state index in [9.17, 15) is 4.39 Å². The molecule has 0 radical (unpaired) electrons. The van der Waals surface area contributed by atoms with E-state index in [1.165, 1.54) is 12.3 Å². The highest BCUT2D eigenvalue weighted by molar-refractivity contribution is 9.10. The number of hydrogen-bond acceptors (Lipinski definition) is 3. The third-order valence-electron chi connectivity index (χ3n) is 2.61. The average Bonchev–Trinajstić information content (AvgIpc) is 2.34. The van der Waals surface area contributed by atoms with E-state index in [1.54, 1.807) is 19.1 Å². The standard InChI is InChI=1S/C13H12BrFN2O/c1-7-5-9(3-4-10(7)15)18-13-12(14)8(2)11(16)6-17-13/h3-6H,16H2,1-2H3. The number of benzene rings is 1. The zero-order chi connectivity index (χ0) is 13.3. The molecule has 2 N–H and O–H groups in total. The van der Waals surface area contributed by atoms with Crippen molar-refractivity contribution in [1.82, 2.24) is 4.98 Å². The molecule has 2 aromatic rings. The van der Waals surface area contributed by atoms with Crippen molar-refractivity contribution in [2.75, 3.05) is 5.73 Å². The molecule has 0 aliphatic rings. The van der Waals surface area contributed by atoms with Gasteiger partial charge in [-0.15, -0.1) is 0 Å². The lowest BCUT2D eigenvalue weighted by atomic mass is 10.2. The van der Waals surface area contributed by atoms with Crippen LogP contribution in [-0.4, -0.2) is 4.98 Å². The molecular weight excluding hydrogens is 299 g/mol. The molecule has 0 bridgehead atoms. The van der Waals surface area contributed by atoms with Gasteiger partial charge in [-0.3, -0.25) is 0 Å². The molecule has 0 saturated carbocycles. The number of nitrogens with two attached hydrogens (primary N) is 1. The van der Waals surface area contributed by atoms with Gasteiger partial charge >= 0.3 is 0 Å². The molecule has 0 saturated heterocycles. The van der Waals surface area contributed by atoms with Crippen molar-refractivity contribution < 1.29 is 9.13 Å². The maximum Gasteiger partial charge on any atom is 0.233 e. The Balaban J connectivity index is 2.34. The molecule has 1 aromatic heterocycles. The van der Waals surface area contributed by atoms with Crippen LogP contribution in [0, 0.1) is 19.7 Å². The van der Waals surface area contributed by atoms with E-state index < -0.39 is 0 Å². The molecule has 94 valence electrons. The summed E-state index contributed by atoms with van der Waals surface area (Å²) in [6, 6.07) is 4.54. The normalized spacial score (nSPS) is 10.4. The van der Waals surface area contributed by atoms with Crippen molar-refractivity contribution in [3.8, 4) is 11.6 Å². The first-order chi connectivity index (χ1) is 8.49. The Morgan fingerprint density at radius 2 is 2.06 bits per heavy atom. The molecule has 18 heavy (non-hydrogen) atoms. The number of aromatic nitrogens is 1. The van der Waals surface area contributed by atoms with Crippen LogP contribution in [0.4, 0.5) is 10.1 Å². The minimum Gasteiger partial charge on any atom is -0.438 e. The summed E-state index contributed by atoms with van der Waals surface area (Å²) in [5.74, 6) is 0.682. The second-order valence-corrected chi connectivity index (χ2v) is 4.76. The molecule has 0 atom stereocenters. The lowest BCUT2D eigenvalue weighted by Gasteiger charge is -2.10. The highest BCUT2D eigenvalue weighted by Crippen LogP contribution is 2.32. The maximum atomic E-state index is 13.1. The average molecular weight is 311 g/mol. The van der Waals surface area contributed by atoms with Gasteiger partial charge in [0.25, 0.3) is 0 Å². The van der Waals surface area contributed by atoms with E-state index in [0.29, 0.717) is 27.4 Å². The topological polar surface area (TPSA) is 48.1 Å². The van der Waals surface area contributed by atoms with Crippen LogP contribution in [0.5, 0.6) is 11.6 Å². The lowest BCUT2D eigenvalue weighted by molar-refractivity contribution is 0.457. The fourth-order valence-electron chi connectivity index (χ4n) is 1.43. The van der Waals surface area contributed by atoms with Crippen LogP contribution >= 0.6 is 15.9 Å². The van der Waals surface area contributed by atoms with E-state index in [0.717, 1.165) is 5.56 Å². The molecule has 1 heterocycles. The molecule has 0 aliphatic heterocycles. The van der Waals surface area contributed by atoms with Gasteiger partial charge in [0.05, 0.1) is 16.4 Å². The van der Waals surface area contributed by atoms with Crippen molar-refractivity contribution in [2.24, 2.45) is 0 Å². The van der Waals surface area contributed by atoms with Crippen LogP contribution < -0.4 is 10.5 Å². The molecular formula is C13H12BrFN2O. The van der Waals surface area contributed by atoms with E-state index in [1.807, 2.05) is 6.92 Å². The number of hydrogen-bond donors (Lipinski definition) is 1. The molecule has 0 spiro atoms. The number of nitrogens with zero attached hydrogens (tertiary/aromatic N) is 1. The van der Waals surface area contributed by atoms with E-state index >= 15 is 0 Å². The van der Waals surface area contributed by atoms with Gasteiger partial charge in [0, 0.05) is 0 Å².